The van der Waals surface area contributed by atoms with Gasteiger partial charge in [-0.05, 0) is 24.3 Å². The maximum absolute atomic E-state index is 12.2. The van der Waals surface area contributed by atoms with Crippen LogP contribution < -0.4 is 5.43 Å². The zero-order valence-corrected chi connectivity index (χ0v) is 16.3. The van der Waals surface area contributed by atoms with Gasteiger partial charge in [-0.2, -0.15) is 0 Å². The average molecular weight is 445 g/mol. The fourth-order valence-corrected chi connectivity index (χ4v) is 2.99. The van der Waals surface area contributed by atoms with E-state index in [0.29, 0.717) is 11.1 Å². The molecule has 1 aliphatic heterocycles. The molecule has 0 saturated carbocycles. The molecule has 0 bridgehead atoms. The quantitative estimate of drug-likeness (QED) is 0.545. The molecule has 144 valence electrons. The lowest BCUT2D eigenvalue weighted by atomic mass is 10.1. The number of ketones is 1. The summed E-state index contributed by atoms with van der Waals surface area (Å²) in [5, 5.41) is 1.11. The highest BCUT2D eigenvalue weighted by Gasteiger charge is 2.36. The molecule has 0 spiro atoms. The highest BCUT2D eigenvalue weighted by molar-refractivity contribution is 9.10. The molecule has 1 N–H and O–H groups in total. The minimum atomic E-state index is -0.735. The van der Waals surface area contributed by atoms with Crippen molar-refractivity contribution in [3.63, 3.8) is 0 Å². The van der Waals surface area contributed by atoms with Gasteiger partial charge in [-0.1, -0.05) is 46.3 Å². The summed E-state index contributed by atoms with van der Waals surface area (Å²) in [5.74, 6) is -2.53. The molecular formula is C20H17BrN2O5. The Morgan fingerprint density at radius 3 is 2.39 bits per heavy atom. The summed E-state index contributed by atoms with van der Waals surface area (Å²) in [5.41, 5.74) is 3.32. The van der Waals surface area contributed by atoms with E-state index in [2.05, 4.69) is 21.4 Å². The molecule has 1 atom stereocenters. The number of ether oxygens (including phenoxy) is 1. The van der Waals surface area contributed by atoms with Gasteiger partial charge in [0.25, 0.3) is 5.91 Å². The molecule has 3 rings (SSSR count). The molecule has 1 aliphatic rings. The first kappa shape index (κ1) is 19.8. The van der Waals surface area contributed by atoms with E-state index in [9.17, 15) is 19.2 Å². The summed E-state index contributed by atoms with van der Waals surface area (Å²) in [6, 6.07) is 15.1. The maximum Gasteiger partial charge on any atom is 0.311 e. The first-order valence-electron chi connectivity index (χ1n) is 8.56. The molecule has 28 heavy (non-hydrogen) atoms. The highest BCUT2D eigenvalue weighted by Crippen LogP contribution is 2.18. The van der Waals surface area contributed by atoms with Crippen molar-refractivity contribution in [1.82, 2.24) is 10.4 Å². The minimum Gasteiger partial charge on any atom is -0.457 e. The van der Waals surface area contributed by atoms with Crippen LogP contribution in [0.15, 0.2) is 59.1 Å². The van der Waals surface area contributed by atoms with Gasteiger partial charge in [0, 0.05) is 22.0 Å². The fourth-order valence-electron chi connectivity index (χ4n) is 2.72. The van der Waals surface area contributed by atoms with Crippen molar-refractivity contribution in [3.8, 4) is 0 Å². The van der Waals surface area contributed by atoms with Crippen molar-refractivity contribution in [1.29, 1.82) is 0 Å². The van der Waals surface area contributed by atoms with Gasteiger partial charge in [-0.25, -0.2) is 0 Å². The van der Waals surface area contributed by atoms with Gasteiger partial charge in [0.2, 0.25) is 5.91 Å². The van der Waals surface area contributed by atoms with Crippen LogP contribution in [0.4, 0.5) is 0 Å². The number of Topliss-reactive ketones (excluding diaryl/α,β-unsaturated/α-hetero) is 1. The summed E-state index contributed by atoms with van der Waals surface area (Å²) in [4.78, 5) is 48.5. The van der Waals surface area contributed by atoms with Gasteiger partial charge in [0.05, 0.1) is 12.5 Å². The van der Waals surface area contributed by atoms with Crippen LogP contribution >= 0.6 is 15.9 Å². The number of carbonyl (C=O) groups excluding carboxylic acids is 4. The predicted molar refractivity (Wildman–Crippen MR) is 103 cm³/mol. The van der Waals surface area contributed by atoms with E-state index in [4.69, 9.17) is 4.74 Å². The SMILES string of the molecule is O=C(COC(=O)[C@H]1CC(=O)N(NC(=O)c2ccccc2)C1)c1ccc(Br)cc1. The molecule has 0 aliphatic carbocycles. The molecule has 0 radical (unpaired) electrons. The van der Waals surface area contributed by atoms with E-state index in [1.165, 1.54) is 0 Å². The zero-order chi connectivity index (χ0) is 20.1. The first-order valence-corrected chi connectivity index (χ1v) is 9.35. The molecule has 0 unspecified atom stereocenters. The van der Waals surface area contributed by atoms with Crippen LogP contribution in [0.2, 0.25) is 0 Å². The van der Waals surface area contributed by atoms with E-state index in [0.717, 1.165) is 9.48 Å². The molecule has 2 amide bonds. The second-order valence-electron chi connectivity index (χ2n) is 6.25. The molecule has 2 aromatic carbocycles. The number of nitrogens with zero attached hydrogens (tertiary/aromatic N) is 1. The molecule has 7 nitrogen and oxygen atoms in total. The zero-order valence-electron chi connectivity index (χ0n) is 14.8. The molecular weight excluding hydrogens is 428 g/mol. The maximum atomic E-state index is 12.2. The molecule has 1 heterocycles. The summed E-state index contributed by atoms with van der Waals surface area (Å²) in [7, 11) is 0. The van der Waals surface area contributed by atoms with E-state index < -0.39 is 24.4 Å². The third-order valence-corrected chi connectivity index (χ3v) is 4.77. The Morgan fingerprint density at radius 1 is 1.04 bits per heavy atom. The van der Waals surface area contributed by atoms with E-state index in [1.807, 2.05) is 0 Å². The lowest BCUT2D eigenvalue weighted by molar-refractivity contribution is -0.147. The number of amides is 2. The molecule has 1 saturated heterocycles. The molecule has 2 aromatic rings. The second-order valence-corrected chi connectivity index (χ2v) is 7.17. The van der Waals surface area contributed by atoms with Gasteiger partial charge < -0.3 is 4.74 Å². The summed E-state index contributed by atoms with van der Waals surface area (Å²) in [6.07, 6.45) is -0.0830. The standard InChI is InChI=1S/C20H17BrN2O5/c21-16-8-6-13(7-9-16)17(24)12-28-20(27)15-10-18(25)23(11-15)22-19(26)14-4-2-1-3-5-14/h1-9,15H,10-12H2,(H,22,26)/t15-/m0/s1. The Balaban J connectivity index is 1.51. The Bertz CT molecular complexity index is 899. The number of hydrogen-bond acceptors (Lipinski definition) is 5. The number of esters is 1. The van der Waals surface area contributed by atoms with Gasteiger partial charge in [0.15, 0.2) is 12.4 Å². The van der Waals surface area contributed by atoms with Gasteiger partial charge in [-0.3, -0.25) is 29.6 Å². The lowest BCUT2D eigenvalue weighted by Crippen LogP contribution is -2.43. The van der Waals surface area contributed by atoms with Gasteiger partial charge in [0.1, 0.15) is 0 Å². The average Bonchev–Trinajstić information content (AvgIpc) is 3.07. The van der Waals surface area contributed by atoms with Crippen LogP contribution in [0, 0.1) is 5.92 Å². The van der Waals surface area contributed by atoms with Crippen molar-refractivity contribution in [2.24, 2.45) is 5.92 Å². The van der Waals surface area contributed by atoms with Crippen LogP contribution in [0.25, 0.3) is 0 Å². The third kappa shape index (κ3) is 4.83. The molecule has 8 heteroatoms. The number of carbonyl (C=O) groups is 4. The van der Waals surface area contributed by atoms with Crippen LogP contribution in [-0.4, -0.2) is 41.7 Å². The van der Waals surface area contributed by atoms with E-state index in [-0.39, 0.29) is 24.7 Å². The van der Waals surface area contributed by atoms with Crippen LogP contribution in [0.5, 0.6) is 0 Å². The normalized spacial score (nSPS) is 16.0. The number of nitrogens with one attached hydrogen (secondary N) is 1. The van der Waals surface area contributed by atoms with Crippen molar-refractivity contribution < 1.29 is 23.9 Å². The van der Waals surface area contributed by atoms with Crippen molar-refractivity contribution >= 4 is 39.5 Å². The third-order valence-electron chi connectivity index (χ3n) is 4.24. The van der Waals surface area contributed by atoms with Crippen LogP contribution in [0.3, 0.4) is 0 Å². The Kier molecular flexibility index (Phi) is 6.20. The molecule has 1 fully saturated rings. The summed E-state index contributed by atoms with van der Waals surface area (Å²) >= 11 is 3.28. The Labute approximate surface area is 169 Å². The highest BCUT2D eigenvalue weighted by atomic mass is 79.9. The monoisotopic (exact) mass is 444 g/mol. The second kappa shape index (κ2) is 8.79. The van der Waals surface area contributed by atoms with Crippen LogP contribution in [-0.2, 0) is 14.3 Å². The Hall–Kier alpha value is -3.00. The van der Waals surface area contributed by atoms with Crippen LogP contribution in [0.1, 0.15) is 27.1 Å². The van der Waals surface area contributed by atoms with Gasteiger partial charge in [-0.15, -0.1) is 0 Å². The van der Waals surface area contributed by atoms with Crippen molar-refractivity contribution in [3.05, 3.63) is 70.2 Å². The van der Waals surface area contributed by atoms with Crippen molar-refractivity contribution in [2.45, 2.75) is 6.42 Å². The Morgan fingerprint density at radius 2 is 1.71 bits per heavy atom. The number of hydrazine groups is 1. The van der Waals surface area contributed by atoms with E-state index >= 15 is 0 Å². The molecule has 0 aromatic heterocycles. The van der Waals surface area contributed by atoms with Crippen molar-refractivity contribution in [2.75, 3.05) is 13.2 Å². The summed E-state index contributed by atoms with van der Waals surface area (Å²) in [6.45, 7) is -0.399. The number of benzene rings is 2. The number of rotatable bonds is 6. The lowest BCUT2D eigenvalue weighted by Gasteiger charge is -2.17. The first-order chi connectivity index (χ1) is 13.4. The van der Waals surface area contributed by atoms with Gasteiger partial charge >= 0.3 is 5.97 Å². The number of halogens is 1. The smallest absolute Gasteiger partial charge is 0.311 e. The topological polar surface area (TPSA) is 92.8 Å². The largest absolute Gasteiger partial charge is 0.457 e. The fraction of sp³-hybridized carbons (Fsp3) is 0.200. The minimum absolute atomic E-state index is 0.00269. The summed E-state index contributed by atoms with van der Waals surface area (Å²) < 4.78 is 5.90. The number of hydrogen-bond donors (Lipinski definition) is 1. The predicted octanol–water partition coefficient (Wildman–Crippen LogP) is 2.37. The van der Waals surface area contributed by atoms with E-state index in [1.54, 1.807) is 54.6 Å².